The van der Waals surface area contributed by atoms with Crippen LogP contribution in [0.2, 0.25) is 5.02 Å². The molecule has 10 nitrogen and oxygen atoms in total. The van der Waals surface area contributed by atoms with Crippen LogP contribution in [0.3, 0.4) is 0 Å². The minimum atomic E-state index is -3.06. The zero-order chi connectivity index (χ0) is 24.9. The van der Waals surface area contributed by atoms with Crippen LogP contribution >= 0.6 is 11.6 Å². The maximum atomic E-state index is 14.0. The van der Waals surface area contributed by atoms with E-state index in [1.807, 2.05) is 0 Å². The number of hydrogen-bond donors (Lipinski definition) is 3. The van der Waals surface area contributed by atoms with Gasteiger partial charge in [-0.3, -0.25) is 9.89 Å². The van der Waals surface area contributed by atoms with E-state index in [9.17, 15) is 23.2 Å². The van der Waals surface area contributed by atoms with E-state index in [1.54, 1.807) is 6.07 Å². The number of aromatic amines is 1. The van der Waals surface area contributed by atoms with Crippen molar-refractivity contribution in [1.82, 2.24) is 29.7 Å². The highest BCUT2D eigenvalue weighted by atomic mass is 35.5. The molecule has 4 aromatic rings. The fourth-order valence-electron chi connectivity index (χ4n) is 3.88. The molecule has 0 spiro atoms. The van der Waals surface area contributed by atoms with Crippen LogP contribution in [0.15, 0.2) is 29.2 Å². The number of nitrogen functional groups attached to an aromatic ring is 1. The van der Waals surface area contributed by atoms with Gasteiger partial charge in [-0.1, -0.05) is 11.6 Å². The van der Waals surface area contributed by atoms with Gasteiger partial charge in [0.15, 0.2) is 5.82 Å². The van der Waals surface area contributed by atoms with Crippen molar-refractivity contribution in [2.24, 2.45) is 5.92 Å². The zero-order valence-electron chi connectivity index (χ0n) is 17.6. The van der Waals surface area contributed by atoms with Gasteiger partial charge in [0, 0.05) is 6.07 Å². The van der Waals surface area contributed by atoms with E-state index in [4.69, 9.17) is 17.3 Å². The zero-order valence-corrected chi connectivity index (χ0v) is 18.4. The third-order valence-corrected chi connectivity index (χ3v) is 5.87. The summed E-state index contributed by atoms with van der Waals surface area (Å²) in [7, 11) is 0. The molecule has 14 heteroatoms. The molecule has 35 heavy (non-hydrogen) atoms. The summed E-state index contributed by atoms with van der Waals surface area (Å²) in [5, 5.41) is 18.9. The third kappa shape index (κ3) is 4.01. The number of fused-ring (bicyclic) bond motifs is 1. The van der Waals surface area contributed by atoms with Gasteiger partial charge >= 0.3 is 0 Å². The lowest BCUT2D eigenvalue weighted by atomic mass is 10.1. The minimum absolute atomic E-state index is 0.0623. The Morgan fingerprint density at radius 3 is 2.69 bits per heavy atom. The predicted octanol–water partition coefficient (Wildman–Crippen LogP) is 3.65. The Morgan fingerprint density at radius 1 is 1.29 bits per heavy atom. The quantitative estimate of drug-likeness (QED) is 0.362. The van der Waals surface area contributed by atoms with Crippen molar-refractivity contribution in [1.29, 1.82) is 5.26 Å². The van der Waals surface area contributed by atoms with Crippen molar-refractivity contribution >= 4 is 34.3 Å². The summed E-state index contributed by atoms with van der Waals surface area (Å²) < 4.78 is 42.3. The molecule has 3 heterocycles. The lowest BCUT2D eigenvalue weighted by Gasteiger charge is -2.23. The molecule has 3 aromatic heterocycles. The first-order valence-electron chi connectivity index (χ1n) is 10.3. The van der Waals surface area contributed by atoms with Gasteiger partial charge in [0.2, 0.25) is 5.95 Å². The van der Waals surface area contributed by atoms with Gasteiger partial charge in [-0.15, -0.1) is 0 Å². The molecule has 5 rings (SSSR count). The van der Waals surface area contributed by atoms with Crippen LogP contribution in [0.4, 0.5) is 24.9 Å². The fraction of sp³-hybridized carbons (Fsp3) is 0.238. The van der Waals surface area contributed by atoms with Gasteiger partial charge in [-0.05, 0) is 30.9 Å². The van der Waals surface area contributed by atoms with Gasteiger partial charge in [-0.25, -0.2) is 27.7 Å². The second-order valence-electron chi connectivity index (χ2n) is 7.90. The monoisotopic (exact) mass is 501 g/mol. The fourth-order valence-corrected chi connectivity index (χ4v) is 4.13. The second kappa shape index (κ2) is 8.55. The Labute approximate surface area is 199 Å². The largest absolute Gasteiger partial charge is 0.368 e. The van der Waals surface area contributed by atoms with E-state index >= 15 is 0 Å². The van der Waals surface area contributed by atoms with Crippen LogP contribution in [0.1, 0.15) is 42.4 Å². The van der Waals surface area contributed by atoms with E-state index in [1.165, 1.54) is 16.8 Å². The van der Waals surface area contributed by atoms with Crippen molar-refractivity contribution in [2.45, 2.75) is 25.3 Å². The van der Waals surface area contributed by atoms with Crippen LogP contribution in [-0.2, 0) is 0 Å². The van der Waals surface area contributed by atoms with Gasteiger partial charge in [-0.2, -0.15) is 15.3 Å². The highest BCUT2D eigenvalue weighted by Crippen LogP contribution is 2.43. The lowest BCUT2D eigenvalue weighted by molar-refractivity contribution is 0.146. The van der Waals surface area contributed by atoms with Crippen molar-refractivity contribution in [3.05, 3.63) is 62.7 Å². The Balaban J connectivity index is 1.75. The number of H-pyrrole nitrogens is 1. The third-order valence-electron chi connectivity index (χ3n) is 5.58. The van der Waals surface area contributed by atoms with Crippen molar-refractivity contribution in [3.8, 4) is 11.9 Å². The van der Waals surface area contributed by atoms with Gasteiger partial charge < -0.3 is 11.1 Å². The van der Waals surface area contributed by atoms with Crippen molar-refractivity contribution < 1.29 is 13.2 Å². The molecular formula is C21H15ClF3N9O. The Bertz CT molecular complexity index is 1540. The first kappa shape index (κ1) is 22.6. The number of nitriles is 1. The number of nitrogens with zero attached hydrogens (tertiary/aromatic N) is 6. The van der Waals surface area contributed by atoms with Crippen LogP contribution in [0.25, 0.3) is 16.7 Å². The Kier molecular flexibility index (Phi) is 5.52. The predicted molar refractivity (Wildman–Crippen MR) is 120 cm³/mol. The van der Waals surface area contributed by atoms with Crippen LogP contribution in [0.5, 0.6) is 0 Å². The topological polar surface area (TPSA) is 151 Å². The summed E-state index contributed by atoms with van der Waals surface area (Å²) in [4.78, 5) is 25.5. The average molecular weight is 502 g/mol. The highest BCUT2D eigenvalue weighted by molar-refractivity contribution is 6.35. The Hall–Kier alpha value is -4.18. The van der Waals surface area contributed by atoms with Crippen LogP contribution < -0.4 is 16.6 Å². The molecule has 0 radical (unpaired) electrons. The smallest absolute Gasteiger partial charge is 0.281 e. The highest BCUT2D eigenvalue weighted by Gasteiger charge is 2.37. The first-order chi connectivity index (χ1) is 16.8. The lowest BCUT2D eigenvalue weighted by Crippen LogP contribution is -2.30. The molecule has 1 saturated carbocycles. The molecule has 0 aliphatic heterocycles. The number of anilines is 2. The number of benzene rings is 1. The average Bonchev–Trinajstić information content (AvgIpc) is 3.51. The molecule has 178 valence electrons. The summed E-state index contributed by atoms with van der Waals surface area (Å²) in [6.45, 7) is 0. The van der Waals surface area contributed by atoms with E-state index in [-0.39, 0.29) is 39.3 Å². The molecule has 4 N–H and O–H groups in total. The molecule has 1 aliphatic carbocycles. The maximum absolute atomic E-state index is 14.0. The normalized spacial score (nSPS) is 14.3. The summed E-state index contributed by atoms with van der Waals surface area (Å²) in [5.74, 6) is -1.09. The van der Waals surface area contributed by atoms with Gasteiger partial charge in [0.1, 0.15) is 34.8 Å². The molecular weight excluding hydrogens is 487 g/mol. The van der Waals surface area contributed by atoms with Crippen LogP contribution in [-0.4, -0.2) is 29.7 Å². The number of aromatic nitrogens is 6. The Morgan fingerprint density at radius 2 is 2.06 bits per heavy atom. The SMILES string of the molecule is N#Cc1c(N[C@H](c2nc3c(Cl)cc(F)cc3c(=O)n2-c2ccn[nH]2)C2CC2)nc(N)nc1C(F)F. The maximum Gasteiger partial charge on any atom is 0.281 e. The minimum Gasteiger partial charge on any atom is -0.368 e. The standard InChI is InChI=1S/C21H15ClF3N9O/c22-12-6-9(23)5-10-15(12)30-19(34(20(10)35)13-3-4-28-33-13)14(8-1-2-8)29-18-11(7-26)16(17(24)25)31-21(27)32-18/h3-6,8,14,17H,1-2H2,(H,28,33)(H3,27,29,31,32)/t14-/m0/s1. The molecule has 0 saturated heterocycles. The molecule has 0 amide bonds. The second-order valence-corrected chi connectivity index (χ2v) is 8.31. The van der Waals surface area contributed by atoms with Crippen molar-refractivity contribution in [3.63, 3.8) is 0 Å². The summed E-state index contributed by atoms with van der Waals surface area (Å²) >= 11 is 6.21. The molecule has 1 aromatic carbocycles. The summed E-state index contributed by atoms with van der Waals surface area (Å²) in [6.07, 6.45) is -0.210. The molecule has 1 aliphatic rings. The van der Waals surface area contributed by atoms with Gasteiger partial charge in [0.25, 0.3) is 12.0 Å². The summed E-state index contributed by atoms with van der Waals surface area (Å²) in [6, 6.07) is 4.50. The summed E-state index contributed by atoms with van der Waals surface area (Å²) in [5.41, 5.74) is 3.77. The van der Waals surface area contributed by atoms with E-state index in [0.717, 1.165) is 25.0 Å². The van der Waals surface area contributed by atoms with E-state index < -0.39 is 41.0 Å². The number of rotatable bonds is 6. The van der Waals surface area contributed by atoms with E-state index in [2.05, 4.69) is 30.5 Å². The number of hydrogen-bond acceptors (Lipinski definition) is 8. The molecule has 1 fully saturated rings. The molecule has 0 unspecified atom stereocenters. The number of halogens is 4. The number of nitrogens with two attached hydrogens (primary N) is 1. The van der Waals surface area contributed by atoms with Crippen LogP contribution in [0, 0.1) is 23.1 Å². The van der Waals surface area contributed by atoms with Crippen molar-refractivity contribution in [2.75, 3.05) is 11.1 Å². The number of alkyl halides is 2. The molecule has 1 atom stereocenters. The first-order valence-corrected chi connectivity index (χ1v) is 10.7. The molecule has 0 bridgehead atoms. The van der Waals surface area contributed by atoms with E-state index in [0.29, 0.717) is 0 Å². The van der Waals surface area contributed by atoms with Gasteiger partial charge in [0.05, 0.1) is 28.2 Å². The number of nitrogens with one attached hydrogen (secondary N) is 2.